The molecule has 0 aromatic rings. The van der Waals surface area contributed by atoms with Gasteiger partial charge in [0.15, 0.2) is 0 Å². The van der Waals surface area contributed by atoms with Gasteiger partial charge in [-0.15, -0.1) is 12.2 Å². The summed E-state index contributed by atoms with van der Waals surface area (Å²) in [5, 5.41) is 0. The summed E-state index contributed by atoms with van der Waals surface area (Å²) < 4.78 is 5.11. The molecular formula is C6H9OPS2. The first-order chi connectivity index (χ1) is 4.67. The first-order valence-corrected chi connectivity index (χ1v) is 6.84. The van der Waals surface area contributed by atoms with E-state index in [9.17, 15) is 0 Å². The summed E-state index contributed by atoms with van der Waals surface area (Å²) in [4.78, 5) is 0. The van der Waals surface area contributed by atoms with Crippen LogP contribution in [0.15, 0.2) is 24.3 Å². The lowest BCUT2D eigenvalue weighted by Gasteiger charge is -2.17. The van der Waals surface area contributed by atoms with E-state index in [1.807, 2.05) is 24.3 Å². The molecule has 0 N–H and O–H groups in total. The molecule has 0 saturated heterocycles. The van der Waals surface area contributed by atoms with Crippen LogP contribution in [-0.2, 0) is 16.3 Å². The highest BCUT2D eigenvalue weighted by atomic mass is 32.9. The maximum Gasteiger partial charge on any atom is 0.126 e. The monoisotopic (exact) mass is 192 g/mol. The van der Waals surface area contributed by atoms with Crippen LogP contribution in [0, 0.1) is 0 Å². The smallest absolute Gasteiger partial charge is 0.126 e. The number of rotatable bonds is 2. The molecule has 0 radical (unpaired) electrons. The first-order valence-electron chi connectivity index (χ1n) is 2.90. The molecule has 1 aliphatic rings. The average Bonchev–Trinajstić information content (AvgIpc) is 2.38. The topological polar surface area (TPSA) is 9.23 Å². The molecular weight excluding hydrogens is 183 g/mol. The maximum atomic E-state index is 5.15. The van der Waals surface area contributed by atoms with Crippen molar-refractivity contribution in [2.45, 2.75) is 5.66 Å². The minimum absolute atomic E-state index is 0.232. The predicted molar refractivity (Wildman–Crippen MR) is 52.3 cm³/mol. The Bertz CT molecular complexity index is 210. The zero-order valence-corrected chi connectivity index (χ0v) is 8.20. The second-order valence-electron chi connectivity index (χ2n) is 2.01. The van der Waals surface area contributed by atoms with Crippen molar-refractivity contribution in [1.82, 2.24) is 0 Å². The number of thiol groups is 1. The first kappa shape index (κ1) is 8.54. The third-order valence-corrected chi connectivity index (χ3v) is 5.45. The van der Waals surface area contributed by atoms with Gasteiger partial charge < -0.3 is 4.52 Å². The second kappa shape index (κ2) is 3.22. The molecule has 0 aromatic heterocycles. The molecule has 10 heavy (non-hydrogen) atoms. The number of hydrogen-bond donors (Lipinski definition) is 1. The van der Waals surface area contributed by atoms with Gasteiger partial charge >= 0.3 is 0 Å². The minimum atomic E-state index is -1.87. The van der Waals surface area contributed by atoms with Crippen molar-refractivity contribution in [3.05, 3.63) is 24.3 Å². The van der Waals surface area contributed by atoms with Gasteiger partial charge in [0.25, 0.3) is 0 Å². The lowest BCUT2D eigenvalue weighted by Crippen LogP contribution is -1.95. The third kappa shape index (κ3) is 1.73. The van der Waals surface area contributed by atoms with E-state index >= 15 is 0 Å². The quantitative estimate of drug-likeness (QED) is 0.531. The van der Waals surface area contributed by atoms with Gasteiger partial charge in [0.05, 0.1) is 5.66 Å². The fourth-order valence-electron chi connectivity index (χ4n) is 0.759. The highest BCUT2D eigenvalue weighted by Gasteiger charge is 2.20. The lowest BCUT2D eigenvalue weighted by atomic mass is 10.5. The summed E-state index contributed by atoms with van der Waals surface area (Å²) in [6.45, 7) is 0. The van der Waals surface area contributed by atoms with Crippen LogP contribution < -0.4 is 0 Å². The Hall–Kier alpha value is 0.440. The van der Waals surface area contributed by atoms with Crippen LogP contribution in [-0.4, -0.2) is 12.8 Å². The molecule has 0 bridgehead atoms. The predicted octanol–water partition coefficient (Wildman–Crippen LogP) is 2.37. The van der Waals surface area contributed by atoms with Crippen molar-refractivity contribution in [1.29, 1.82) is 0 Å². The van der Waals surface area contributed by atoms with Crippen LogP contribution in [0.2, 0.25) is 0 Å². The van der Waals surface area contributed by atoms with E-state index in [4.69, 9.17) is 16.3 Å². The van der Waals surface area contributed by atoms with Crippen LogP contribution >= 0.6 is 17.7 Å². The molecule has 0 spiro atoms. The fourth-order valence-corrected chi connectivity index (χ4v) is 2.52. The van der Waals surface area contributed by atoms with Crippen molar-refractivity contribution >= 4 is 29.5 Å². The van der Waals surface area contributed by atoms with Crippen LogP contribution in [0.3, 0.4) is 0 Å². The summed E-state index contributed by atoms with van der Waals surface area (Å²) in [6.07, 6.45) is 8.00. The fraction of sp³-hybridized carbons (Fsp3) is 0.333. The minimum Gasteiger partial charge on any atom is -0.344 e. The number of hydrogen-bond acceptors (Lipinski definition) is 2. The molecule has 1 unspecified atom stereocenters. The van der Waals surface area contributed by atoms with E-state index in [0.29, 0.717) is 0 Å². The van der Waals surface area contributed by atoms with Gasteiger partial charge in [0.1, 0.15) is 5.47 Å². The van der Waals surface area contributed by atoms with Gasteiger partial charge in [-0.2, -0.15) is 0 Å². The molecule has 56 valence electrons. The Kier molecular flexibility index (Phi) is 2.75. The highest BCUT2D eigenvalue weighted by molar-refractivity contribution is 8.62. The van der Waals surface area contributed by atoms with Crippen molar-refractivity contribution in [2.24, 2.45) is 0 Å². The van der Waals surface area contributed by atoms with Gasteiger partial charge in [0, 0.05) is 7.11 Å². The summed E-state index contributed by atoms with van der Waals surface area (Å²) in [5.41, 5.74) is -1.63. The van der Waals surface area contributed by atoms with Gasteiger partial charge in [-0.25, -0.2) is 0 Å². The summed E-state index contributed by atoms with van der Waals surface area (Å²) in [5.74, 6) is 0. The second-order valence-corrected chi connectivity index (χ2v) is 8.32. The van der Waals surface area contributed by atoms with Crippen LogP contribution in [0.25, 0.3) is 0 Å². The molecule has 4 heteroatoms. The SMILES string of the molecule is COP(=S)(S)C1C=CC=C1. The van der Waals surface area contributed by atoms with E-state index < -0.39 is 5.47 Å². The highest BCUT2D eigenvalue weighted by Crippen LogP contribution is 2.57. The van der Waals surface area contributed by atoms with Crippen LogP contribution in [0.1, 0.15) is 0 Å². The number of allylic oxidation sites excluding steroid dienone is 4. The van der Waals surface area contributed by atoms with Gasteiger partial charge in [-0.05, 0) is 0 Å². The summed E-state index contributed by atoms with van der Waals surface area (Å²) in [6, 6.07) is 0. The molecule has 0 aromatic carbocycles. The van der Waals surface area contributed by atoms with E-state index in [-0.39, 0.29) is 5.66 Å². The molecule has 0 amide bonds. The van der Waals surface area contributed by atoms with E-state index in [1.165, 1.54) is 0 Å². The standard InChI is InChI=1S/C6H9OPS2/c1-7-8(9,10)6-4-2-3-5-6/h2-6H,1H3,(H,9,10). The van der Waals surface area contributed by atoms with Gasteiger partial charge in [-0.1, -0.05) is 36.1 Å². The Morgan fingerprint density at radius 1 is 1.50 bits per heavy atom. The molecule has 0 heterocycles. The molecule has 0 aliphatic heterocycles. The maximum absolute atomic E-state index is 5.15. The molecule has 0 saturated carbocycles. The Balaban J connectivity index is 2.74. The molecule has 1 atom stereocenters. The Labute approximate surface area is 71.4 Å². The van der Waals surface area contributed by atoms with E-state index in [0.717, 1.165) is 0 Å². The van der Waals surface area contributed by atoms with Crippen molar-refractivity contribution in [3.63, 3.8) is 0 Å². The lowest BCUT2D eigenvalue weighted by molar-refractivity contribution is 0.469. The molecule has 1 aliphatic carbocycles. The van der Waals surface area contributed by atoms with E-state index in [1.54, 1.807) is 7.11 Å². The summed E-state index contributed by atoms with van der Waals surface area (Å²) >= 11 is 9.44. The Morgan fingerprint density at radius 3 is 2.40 bits per heavy atom. The Morgan fingerprint density at radius 2 is 2.00 bits per heavy atom. The molecule has 0 fully saturated rings. The zero-order chi connectivity index (χ0) is 7.61. The molecule has 1 rings (SSSR count). The van der Waals surface area contributed by atoms with Gasteiger partial charge in [-0.3, -0.25) is 0 Å². The molecule has 1 nitrogen and oxygen atoms in total. The average molecular weight is 192 g/mol. The van der Waals surface area contributed by atoms with Crippen LogP contribution in [0.4, 0.5) is 0 Å². The van der Waals surface area contributed by atoms with Crippen molar-refractivity contribution < 1.29 is 4.52 Å². The third-order valence-electron chi connectivity index (χ3n) is 1.37. The van der Waals surface area contributed by atoms with Crippen LogP contribution in [0.5, 0.6) is 0 Å². The zero-order valence-electron chi connectivity index (χ0n) is 5.60. The normalized spacial score (nSPS) is 23.4. The van der Waals surface area contributed by atoms with Gasteiger partial charge in [0.2, 0.25) is 0 Å². The van der Waals surface area contributed by atoms with Crippen molar-refractivity contribution in [3.8, 4) is 0 Å². The van der Waals surface area contributed by atoms with Crippen molar-refractivity contribution in [2.75, 3.05) is 7.11 Å². The largest absolute Gasteiger partial charge is 0.344 e. The van der Waals surface area contributed by atoms with E-state index in [2.05, 4.69) is 12.2 Å². The summed E-state index contributed by atoms with van der Waals surface area (Å²) in [7, 11) is 1.62.